The summed E-state index contributed by atoms with van der Waals surface area (Å²) in [5, 5.41) is 17.7. The molecule has 0 radical (unpaired) electrons. The zero-order valence-corrected chi connectivity index (χ0v) is 18.3. The minimum atomic E-state index is 0.0372. The Balaban J connectivity index is 1.43. The number of carbonyl (C=O) groups is 1. The standard InChI is InChI=1S/C23H33N7O/c24-8-4-12-30(13-5-9-25)23(31)20-28-11-3-6-21(19-28)18-27-14-16-29(17-15-27)22-7-1-2-10-26-22/h1-2,7,10,21H,3-6,11-20H2. The van der Waals surface area contributed by atoms with Crippen LogP contribution in [-0.4, -0.2) is 91.0 Å². The lowest BCUT2D eigenvalue weighted by atomic mass is 9.97. The largest absolute Gasteiger partial charge is 0.354 e. The van der Waals surface area contributed by atoms with Gasteiger partial charge in [-0.1, -0.05) is 6.07 Å². The number of piperazine rings is 1. The van der Waals surface area contributed by atoms with Crippen molar-refractivity contribution in [3.8, 4) is 12.1 Å². The van der Waals surface area contributed by atoms with Crippen LogP contribution < -0.4 is 4.90 Å². The number of amides is 1. The first-order valence-corrected chi connectivity index (χ1v) is 11.3. The summed E-state index contributed by atoms with van der Waals surface area (Å²) >= 11 is 0. The van der Waals surface area contributed by atoms with Crippen LogP contribution in [0.2, 0.25) is 0 Å². The minimum absolute atomic E-state index is 0.0372. The lowest BCUT2D eigenvalue weighted by molar-refractivity contribution is -0.132. The first-order chi connectivity index (χ1) is 15.2. The van der Waals surface area contributed by atoms with E-state index >= 15 is 0 Å². The highest BCUT2D eigenvalue weighted by atomic mass is 16.2. The molecule has 31 heavy (non-hydrogen) atoms. The van der Waals surface area contributed by atoms with Crippen molar-refractivity contribution in [2.45, 2.75) is 25.7 Å². The molecule has 0 aromatic carbocycles. The number of anilines is 1. The number of carbonyl (C=O) groups excluding carboxylic acids is 1. The number of likely N-dealkylation sites (tertiary alicyclic amines) is 1. The van der Waals surface area contributed by atoms with Gasteiger partial charge in [0.15, 0.2) is 0 Å². The number of aromatic nitrogens is 1. The van der Waals surface area contributed by atoms with Crippen molar-refractivity contribution in [2.75, 3.05) is 70.3 Å². The molecule has 0 aliphatic carbocycles. The third-order valence-corrected chi connectivity index (χ3v) is 6.16. The van der Waals surface area contributed by atoms with Crippen LogP contribution in [0.3, 0.4) is 0 Å². The van der Waals surface area contributed by atoms with Crippen molar-refractivity contribution < 1.29 is 4.79 Å². The average molecular weight is 424 g/mol. The molecule has 166 valence electrons. The number of nitrogens with zero attached hydrogens (tertiary/aromatic N) is 7. The minimum Gasteiger partial charge on any atom is -0.354 e. The second-order valence-corrected chi connectivity index (χ2v) is 8.42. The molecule has 1 amide bonds. The quantitative estimate of drug-likeness (QED) is 0.595. The Kier molecular flexibility index (Phi) is 9.08. The van der Waals surface area contributed by atoms with Gasteiger partial charge in [0.1, 0.15) is 5.82 Å². The van der Waals surface area contributed by atoms with Gasteiger partial charge in [-0.25, -0.2) is 4.98 Å². The van der Waals surface area contributed by atoms with E-state index < -0.39 is 0 Å². The molecule has 0 saturated carbocycles. The molecule has 0 bridgehead atoms. The molecule has 0 spiro atoms. The van der Waals surface area contributed by atoms with Gasteiger partial charge in [-0.15, -0.1) is 0 Å². The molecular formula is C23H33N7O. The molecule has 8 nitrogen and oxygen atoms in total. The molecule has 2 aliphatic rings. The Morgan fingerprint density at radius 2 is 1.81 bits per heavy atom. The Morgan fingerprint density at radius 3 is 2.45 bits per heavy atom. The fourth-order valence-electron chi connectivity index (χ4n) is 4.53. The van der Waals surface area contributed by atoms with Gasteiger partial charge in [-0.05, 0) is 37.4 Å². The number of hydrogen-bond acceptors (Lipinski definition) is 7. The van der Waals surface area contributed by atoms with Crippen LogP contribution in [0.1, 0.15) is 25.7 Å². The predicted octanol–water partition coefficient (Wildman–Crippen LogP) is 1.57. The van der Waals surface area contributed by atoms with E-state index in [4.69, 9.17) is 10.5 Å². The lowest BCUT2D eigenvalue weighted by Gasteiger charge is -2.39. The highest BCUT2D eigenvalue weighted by Crippen LogP contribution is 2.20. The molecule has 0 N–H and O–H groups in total. The van der Waals surface area contributed by atoms with Gasteiger partial charge in [0, 0.05) is 58.6 Å². The van der Waals surface area contributed by atoms with E-state index in [1.807, 2.05) is 18.3 Å². The van der Waals surface area contributed by atoms with Crippen molar-refractivity contribution in [3.63, 3.8) is 0 Å². The zero-order chi connectivity index (χ0) is 21.9. The molecule has 3 rings (SSSR count). The van der Waals surface area contributed by atoms with Gasteiger partial charge in [-0.2, -0.15) is 10.5 Å². The van der Waals surface area contributed by atoms with E-state index in [0.717, 1.165) is 58.1 Å². The van der Waals surface area contributed by atoms with Crippen LogP contribution in [0.25, 0.3) is 0 Å². The highest BCUT2D eigenvalue weighted by molar-refractivity contribution is 5.78. The topological polar surface area (TPSA) is 90.5 Å². The highest BCUT2D eigenvalue weighted by Gasteiger charge is 2.26. The summed E-state index contributed by atoms with van der Waals surface area (Å²) in [7, 11) is 0. The van der Waals surface area contributed by atoms with Crippen LogP contribution >= 0.6 is 0 Å². The predicted molar refractivity (Wildman–Crippen MR) is 119 cm³/mol. The van der Waals surface area contributed by atoms with E-state index in [1.165, 1.54) is 6.42 Å². The Hall–Kier alpha value is -2.68. The fourth-order valence-corrected chi connectivity index (χ4v) is 4.53. The van der Waals surface area contributed by atoms with Gasteiger partial charge in [0.05, 0.1) is 31.5 Å². The second-order valence-electron chi connectivity index (χ2n) is 8.42. The number of piperidine rings is 1. The van der Waals surface area contributed by atoms with Crippen molar-refractivity contribution in [2.24, 2.45) is 5.92 Å². The lowest BCUT2D eigenvalue weighted by Crippen LogP contribution is -2.50. The van der Waals surface area contributed by atoms with Crippen LogP contribution in [0.15, 0.2) is 24.4 Å². The third-order valence-electron chi connectivity index (χ3n) is 6.16. The zero-order valence-electron chi connectivity index (χ0n) is 18.3. The summed E-state index contributed by atoms with van der Waals surface area (Å²) in [4.78, 5) is 26.0. The number of rotatable bonds is 9. The molecule has 1 unspecified atom stereocenters. The molecule has 2 fully saturated rings. The maximum Gasteiger partial charge on any atom is 0.236 e. The Labute approximate surface area is 185 Å². The SMILES string of the molecule is N#CCCN(CCC#N)C(=O)CN1CCCC(CN2CCN(c3ccccn3)CC2)C1. The average Bonchev–Trinajstić information content (AvgIpc) is 2.80. The van der Waals surface area contributed by atoms with E-state index in [9.17, 15) is 4.79 Å². The molecule has 3 heterocycles. The molecule has 1 atom stereocenters. The first-order valence-electron chi connectivity index (χ1n) is 11.3. The number of nitriles is 2. The van der Waals surface area contributed by atoms with Crippen LogP contribution in [0, 0.1) is 28.6 Å². The van der Waals surface area contributed by atoms with Gasteiger partial charge in [-0.3, -0.25) is 14.6 Å². The van der Waals surface area contributed by atoms with Crippen molar-refractivity contribution in [3.05, 3.63) is 24.4 Å². The number of hydrogen-bond donors (Lipinski definition) is 0. The number of pyridine rings is 1. The molecule has 2 aliphatic heterocycles. The molecule has 8 heteroatoms. The maximum atomic E-state index is 12.7. The third kappa shape index (κ3) is 7.20. The van der Waals surface area contributed by atoms with Gasteiger partial charge in [0.25, 0.3) is 0 Å². The smallest absolute Gasteiger partial charge is 0.236 e. The van der Waals surface area contributed by atoms with Gasteiger partial charge in [0.2, 0.25) is 5.91 Å². The maximum absolute atomic E-state index is 12.7. The first kappa shape index (κ1) is 23.0. The molecular weight excluding hydrogens is 390 g/mol. The Morgan fingerprint density at radius 1 is 1.06 bits per heavy atom. The summed E-state index contributed by atoms with van der Waals surface area (Å²) in [5.41, 5.74) is 0. The summed E-state index contributed by atoms with van der Waals surface area (Å²) < 4.78 is 0. The van der Waals surface area contributed by atoms with Crippen LogP contribution in [0.4, 0.5) is 5.82 Å². The van der Waals surface area contributed by atoms with Crippen LogP contribution in [0.5, 0.6) is 0 Å². The van der Waals surface area contributed by atoms with Crippen LogP contribution in [-0.2, 0) is 4.79 Å². The summed E-state index contributed by atoms with van der Waals surface area (Å²) in [6.45, 7) is 8.26. The normalized spacial score (nSPS) is 20.1. The van der Waals surface area contributed by atoms with E-state index in [-0.39, 0.29) is 5.91 Å². The van der Waals surface area contributed by atoms with Gasteiger partial charge >= 0.3 is 0 Å². The fraction of sp³-hybridized carbons (Fsp3) is 0.652. The van der Waals surface area contributed by atoms with E-state index in [2.05, 4.69) is 37.9 Å². The summed E-state index contributed by atoms with van der Waals surface area (Å²) in [6.07, 6.45) is 4.79. The van der Waals surface area contributed by atoms with Gasteiger partial charge < -0.3 is 9.80 Å². The Bertz CT molecular complexity index is 746. The van der Waals surface area contributed by atoms with Crippen molar-refractivity contribution >= 4 is 11.7 Å². The summed E-state index contributed by atoms with van der Waals surface area (Å²) in [5.74, 6) is 1.67. The second kappa shape index (κ2) is 12.2. The van der Waals surface area contributed by atoms with E-state index in [1.54, 1.807) is 4.90 Å². The molecule has 1 aromatic heterocycles. The molecule has 2 saturated heterocycles. The monoisotopic (exact) mass is 423 g/mol. The summed E-state index contributed by atoms with van der Waals surface area (Å²) in [6, 6.07) is 10.2. The van der Waals surface area contributed by atoms with E-state index in [0.29, 0.717) is 38.4 Å². The van der Waals surface area contributed by atoms with Crippen molar-refractivity contribution in [1.29, 1.82) is 10.5 Å². The molecule has 1 aromatic rings. The van der Waals surface area contributed by atoms with Crippen molar-refractivity contribution in [1.82, 2.24) is 19.7 Å².